The molecule has 2 unspecified atom stereocenters. The molecule has 1 fully saturated rings. The fourth-order valence-corrected chi connectivity index (χ4v) is 3.99. The highest BCUT2D eigenvalue weighted by Crippen LogP contribution is 2.26. The zero-order valence-corrected chi connectivity index (χ0v) is 12.2. The van der Waals surface area contributed by atoms with E-state index in [2.05, 4.69) is 40.3 Å². The first kappa shape index (κ1) is 12.6. The summed E-state index contributed by atoms with van der Waals surface area (Å²) in [5.41, 5.74) is 0. The summed E-state index contributed by atoms with van der Waals surface area (Å²) in [5.74, 6) is 0.960. The lowest BCUT2D eigenvalue weighted by molar-refractivity contribution is 0.285. The molecule has 1 saturated heterocycles. The molecule has 16 heavy (non-hydrogen) atoms. The van der Waals surface area contributed by atoms with Crippen LogP contribution >= 0.6 is 27.3 Å². The zero-order valence-electron chi connectivity index (χ0n) is 9.84. The number of hydrogen-bond acceptors (Lipinski definition) is 2. The molecule has 1 aliphatic rings. The van der Waals surface area contributed by atoms with Crippen LogP contribution < -0.4 is 5.32 Å². The predicted molar refractivity (Wildman–Crippen MR) is 75.1 cm³/mol. The number of hydrogen-bond donors (Lipinski definition) is 1. The number of nitrogens with one attached hydrogen (secondary N) is 1. The van der Waals surface area contributed by atoms with Crippen molar-refractivity contribution in [2.45, 2.75) is 45.1 Å². The summed E-state index contributed by atoms with van der Waals surface area (Å²) in [5, 5.41) is 3.65. The second kappa shape index (κ2) is 6.18. The molecule has 1 aromatic rings. The zero-order chi connectivity index (χ0) is 11.4. The Hall–Kier alpha value is 0.140. The number of thiophene rings is 1. The molecule has 90 valence electrons. The number of aryl methyl sites for hydroxylation is 1. The third kappa shape index (κ3) is 3.57. The quantitative estimate of drug-likeness (QED) is 0.878. The average molecular weight is 302 g/mol. The number of halogens is 1. The topological polar surface area (TPSA) is 12.0 Å². The Labute approximate surface area is 111 Å². The van der Waals surface area contributed by atoms with Crippen molar-refractivity contribution in [3.8, 4) is 0 Å². The van der Waals surface area contributed by atoms with Crippen molar-refractivity contribution in [1.29, 1.82) is 0 Å². The highest BCUT2D eigenvalue weighted by molar-refractivity contribution is 9.11. The van der Waals surface area contributed by atoms with E-state index in [0.717, 1.165) is 12.0 Å². The van der Waals surface area contributed by atoms with Crippen LogP contribution in [0.2, 0.25) is 0 Å². The summed E-state index contributed by atoms with van der Waals surface area (Å²) in [6.07, 6.45) is 6.62. The maximum absolute atomic E-state index is 3.65. The van der Waals surface area contributed by atoms with Crippen LogP contribution in [0.1, 0.15) is 37.5 Å². The molecule has 3 heteroatoms. The van der Waals surface area contributed by atoms with Gasteiger partial charge in [-0.1, -0.05) is 13.3 Å². The SMILES string of the molecule is CCC1CCNC(CCc2ccc(Br)s2)C1. The van der Waals surface area contributed by atoms with Crippen molar-refractivity contribution in [1.82, 2.24) is 5.32 Å². The van der Waals surface area contributed by atoms with Crippen LogP contribution in [0.25, 0.3) is 0 Å². The molecule has 1 nitrogen and oxygen atoms in total. The minimum Gasteiger partial charge on any atom is -0.314 e. The minimum atomic E-state index is 0.750. The van der Waals surface area contributed by atoms with Crippen LogP contribution in [0.5, 0.6) is 0 Å². The van der Waals surface area contributed by atoms with Gasteiger partial charge >= 0.3 is 0 Å². The van der Waals surface area contributed by atoms with E-state index in [1.807, 2.05) is 11.3 Å². The summed E-state index contributed by atoms with van der Waals surface area (Å²) in [4.78, 5) is 1.51. The summed E-state index contributed by atoms with van der Waals surface area (Å²) in [6.45, 7) is 3.54. The van der Waals surface area contributed by atoms with Gasteiger partial charge in [0.1, 0.15) is 0 Å². The first-order valence-electron chi connectivity index (χ1n) is 6.25. The summed E-state index contributed by atoms with van der Waals surface area (Å²) in [7, 11) is 0. The van der Waals surface area contributed by atoms with Gasteiger partial charge in [-0.15, -0.1) is 11.3 Å². The monoisotopic (exact) mass is 301 g/mol. The van der Waals surface area contributed by atoms with Crippen molar-refractivity contribution < 1.29 is 0 Å². The van der Waals surface area contributed by atoms with E-state index in [9.17, 15) is 0 Å². The first-order valence-corrected chi connectivity index (χ1v) is 7.86. The smallest absolute Gasteiger partial charge is 0.0701 e. The Morgan fingerprint density at radius 1 is 1.50 bits per heavy atom. The average Bonchev–Trinajstić information content (AvgIpc) is 2.73. The van der Waals surface area contributed by atoms with Crippen LogP contribution in [0, 0.1) is 5.92 Å². The predicted octanol–water partition coefficient (Wildman–Crippen LogP) is 4.22. The molecular formula is C13H20BrNS. The Kier molecular flexibility index (Phi) is 4.86. The molecule has 0 bridgehead atoms. The van der Waals surface area contributed by atoms with Crippen molar-refractivity contribution >= 4 is 27.3 Å². The maximum atomic E-state index is 3.65. The normalized spacial score (nSPS) is 25.9. The second-order valence-electron chi connectivity index (χ2n) is 4.69. The van der Waals surface area contributed by atoms with Gasteiger partial charge in [0.05, 0.1) is 3.79 Å². The highest BCUT2D eigenvalue weighted by atomic mass is 79.9. The summed E-state index contributed by atoms with van der Waals surface area (Å²) < 4.78 is 1.26. The first-order chi connectivity index (χ1) is 7.78. The van der Waals surface area contributed by atoms with Crippen LogP contribution in [0.15, 0.2) is 15.9 Å². The molecule has 1 aliphatic heterocycles. The summed E-state index contributed by atoms with van der Waals surface area (Å²) >= 11 is 5.39. The molecule has 0 amide bonds. The van der Waals surface area contributed by atoms with Crippen LogP contribution in [0.3, 0.4) is 0 Å². The number of rotatable bonds is 4. The molecule has 2 rings (SSSR count). The fraction of sp³-hybridized carbons (Fsp3) is 0.692. The lowest BCUT2D eigenvalue weighted by Gasteiger charge is -2.29. The van der Waals surface area contributed by atoms with E-state index in [1.165, 1.54) is 47.3 Å². The molecule has 2 atom stereocenters. The van der Waals surface area contributed by atoms with E-state index in [0.29, 0.717) is 0 Å². The Morgan fingerprint density at radius 3 is 3.06 bits per heavy atom. The van der Waals surface area contributed by atoms with Crippen LogP contribution in [-0.4, -0.2) is 12.6 Å². The third-order valence-electron chi connectivity index (χ3n) is 3.55. The van der Waals surface area contributed by atoms with Gasteiger partial charge in [-0.05, 0) is 66.2 Å². The molecule has 1 N–H and O–H groups in total. The van der Waals surface area contributed by atoms with Gasteiger partial charge < -0.3 is 5.32 Å². The van der Waals surface area contributed by atoms with E-state index in [4.69, 9.17) is 0 Å². The fourth-order valence-electron chi connectivity index (χ4n) is 2.49. The van der Waals surface area contributed by atoms with Crippen molar-refractivity contribution in [3.63, 3.8) is 0 Å². The molecule has 0 spiro atoms. The molecule has 2 heterocycles. The van der Waals surface area contributed by atoms with E-state index in [1.54, 1.807) is 0 Å². The van der Waals surface area contributed by atoms with Gasteiger partial charge in [-0.3, -0.25) is 0 Å². The maximum Gasteiger partial charge on any atom is 0.0701 e. The largest absolute Gasteiger partial charge is 0.314 e. The summed E-state index contributed by atoms with van der Waals surface area (Å²) in [6, 6.07) is 5.15. The molecule has 1 aromatic heterocycles. The Bertz CT molecular complexity index is 323. The lowest BCUT2D eigenvalue weighted by atomic mass is 9.88. The molecule has 0 aliphatic carbocycles. The minimum absolute atomic E-state index is 0.750. The Balaban J connectivity index is 1.77. The van der Waals surface area contributed by atoms with Gasteiger partial charge in [0.2, 0.25) is 0 Å². The Morgan fingerprint density at radius 2 is 2.38 bits per heavy atom. The van der Waals surface area contributed by atoms with E-state index < -0.39 is 0 Å². The highest BCUT2D eigenvalue weighted by Gasteiger charge is 2.19. The van der Waals surface area contributed by atoms with Gasteiger partial charge in [-0.2, -0.15) is 0 Å². The second-order valence-corrected chi connectivity index (χ2v) is 7.24. The number of piperidine rings is 1. The van der Waals surface area contributed by atoms with Crippen molar-refractivity contribution in [2.24, 2.45) is 5.92 Å². The molecule has 0 radical (unpaired) electrons. The van der Waals surface area contributed by atoms with Gasteiger partial charge in [0.15, 0.2) is 0 Å². The van der Waals surface area contributed by atoms with Gasteiger partial charge in [-0.25, -0.2) is 0 Å². The van der Waals surface area contributed by atoms with Crippen LogP contribution in [-0.2, 0) is 6.42 Å². The van der Waals surface area contributed by atoms with Gasteiger partial charge in [0.25, 0.3) is 0 Å². The molecule has 0 saturated carbocycles. The molecular weight excluding hydrogens is 282 g/mol. The van der Waals surface area contributed by atoms with Crippen molar-refractivity contribution in [3.05, 3.63) is 20.8 Å². The standard InChI is InChI=1S/C13H20BrNS/c1-2-10-7-8-15-11(9-10)3-4-12-5-6-13(14)16-12/h5-6,10-11,15H,2-4,7-9H2,1H3. The lowest BCUT2D eigenvalue weighted by Crippen LogP contribution is -2.38. The van der Waals surface area contributed by atoms with Crippen LogP contribution in [0.4, 0.5) is 0 Å². The van der Waals surface area contributed by atoms with E-state index in [-0.39, 0.29) is 0 Å². The van der Waals surface area contributed by atoms with Gasteiger partial charge in [0, 0.05) is 10.9 Å². The molecule has 0 aromatic carbocycles. The van der Waals surface area contributed by atoms with Crippen molar-refractivity contribution in [2.75, 3.05) is 6.54 Å². The van der Waals surface area contributed by atoms with E-state index >= 15 is 0 Å². The third-order valence-corrected chi connectivity index (χ3v) is 5.23.